The molecular weight excluding hydrogens is 398 g/mol. The fourth-order valence-corrected chi connectivity index (χ4v) is 5.00. The number of aryl methyl sites for hydroxylation is 2. The van der Waals surface area contributed by atoms with E-state index in [1.807, 2.05) is 20.0 Å². The second-order valence-corrected chi connectivity index (χ2v) is 9.54. The van der Waals surface area contributed by atoms with Gasteiger partial charge in [0, 0.05) is 37.8 Å². The summed E-state index contributed by atoms with van der Waals surface area (Å²) < 4.78 is 1.79. The molecule has 1 unspecified atom stereocenters. The summed E-state index contributed by atoms with van der Waals surface area (Å²) in [5.41, 5.74) is 5.86. The van der Waals surface area contributed by atoms with Crippen LogP contribution in [0.15, 0.2) is 30.3 Å². The molecular formula is C26H33N5O. The number of hydrogen-bond donors (Lipinski definition) is 1. The van der Waals surface area contributed by atoms with E-state index in [-0.39, 0.29) is 5.91 Å². The highest BCUT2D eigenvalue weighted by atomic mass is 16.1. The zero-order chi connectivity index (χ0) is 22.2. The zero-order valence-corrected chi connectivity index (χ0v) is 19.4. The molecule has 3 heterocycles. The molecule has 0 spiro atoms. The summed E-state index contributed by atoms with van der Waals surface area (Å²) in [5, 5.41) is 8.59. The first-order valence-corrected chi connectivity index (χ1v) is 11.9. The number of pyridine rings is 1. The molecule has 1 aromatic carbocycles. The van der Waals surface area contributed by atoms with Gasteiger partial charge in [-0.15, -0.1) is 0 Å². The quantitative estimate of drug-likeness (QED) is 0.626. The number of aromatic nitrogens is 3. The lowest BCUT2D eigenvalue weighted by Crippen LogP contribution is -2.37. The number of nitrogens with one attached hydrogen (secondary N) is 1. The number of amides is 1. The van der Waals surface area contributed by atoms with Crippen molar-refractivity contribution in [2.75, 3.05) is 6.54 Å². The molecule has 1 saturated carbocycles. The number of rotatable bonds is 6. The first-order valence-electron chi connectivity index (χ1n) is 11.9. The number of carbonyl (C=O) groups is 1. The number of fused-ring (bicyclic) bond motifs is 1. The zero-order valence-electron chi connectivity index (χ0n) is 19.4. The van der Waals surface area contributed by atoms with Crippen LogP contribution in [0.4, 0.5) is 0 Å². The van der Waals surface area contributed by atoms with Crippen molar-refractivity contribution >= 4 is 16.9 Å². The van der Waals surface area contributed by atoms with Gasteiger partial charge in [-0.3, -0.25) is 14.4 Å². The fourth-order valence-electron chi connectivity index (χ4n) is 5.00. The maximum Gasteiger partial charge on any atom is 0.252 e. The molecule has 6 heteroatoms. The molecule has 2 aliphatic rings. The lowest BCUT2D eigenvalue weighted by atomic mass is 10.0. The number of likely N-dealkylation sites (tertiary alicyclic amines) is 1. The highest BCUT2D eigenvalue weighted by molar-refractivity contribution is 6.06. The Kier molecular flexibility index (Phi) is 5.72. The average molecular weight is 432 g/mol. The van der Waals surface area contributed by atoms with Gasteiger partial charge in [0.05, 0.1) is 16.6 Å². The molecule has 0 radical (unpaired) electrons. The number of hydrogen-bond acceptors (Lipinski definition) is 4. The molecule has 32 heavy (non-hydrogen) atoms. The third-order valence-corrected chi connectivity index (χ3v) is 7.10. The average Bonchev–Trinajstić information content (AvgIpc) is 3.60. The maximum atomic E-state index is 13.4. The van der Waals surface area contributed by atoms with Crippen molar-refractivity contribution in [3.63, 3.8) is 0 Å². The van der Waals surface area contributed by atoms with Crippen LogP contribution in [0.25, 0.3) is 11.0 Å². The smallest absolute Gasteiger partial charge is 0.252 e. The van der Waals surface area contributed by atoms with E-state index in [2.05, 4.69) is 46.5 Å². The number of carbonyl (C=O) groups excluding carboxylic acids is 1. The van der Waals surface area contributed by atoms with Gasteiger partial charge in [0.25, 0.3) is 5.91 Å². The molecule has 1 aliphatic heterocycles. The summed E-state index contributed by atoms with van der Waals surface area (Å²) in [5.74, 6) is 0.435. The molecule has 1 N–H and O–H groups in total. The van der Waals surface area contributed by atoms with Crippen LogP contribution in [0.2, 0.25) is 0 Å². The molecule has 0 bridgehead atoms. The van der Waals surface area contributed by atoms with Gasteiger partial charge < -0.3 is 5.32 Å². The Labute approximate surface area is 190 Å². The van der Waals surface area contributed by atoms with Crippen LogP contribution >= 0.6 is 0 Å². The van der Waals surface area contributed by atoms with Gasteiger partial charge in [0.2, 0.25) is 0 Å². The minimum Gasteiger partial charge on any atom is -0.348 e. The molecule has 6 nitrogen and oxygen atoms in total. The van der Waals surface area contributed by atoms with Crippen molar-refractivity contribution in [3.05, 3.63) is 58.4 Å². The summed E-state index contributed by atoms with van der Waals surface area (Å²) in [6, 6.07) is 11.1. The lowest BCUT2D eigenvalue weighted by Gasteiger charge is -2.33. The van der Waals surface area contributed by atoms with E-state index in [0.717, 1.165) is 48.4 Å². The minimum atomic E-state index is -0.0449. The topological polar surface area (TPSA) is 63.1 Å². The number of piperidine rings is 1. The van der Waals surface area contributed by atoms with Crippen molar-refractivity contribution in [3.8, 4) is 0 Å². The lowest BCUT2D eigenvalue weighted by molar-refractivity contribution is 0.0952. The van der Waals surface area contributed by atoms with Gasteiger partial charge in [-0.05, 0) is 63.3 Å². The number of benzene rings is 1. The molecule has 1 atom stereocenters. The van der Waals surface area contributed by atoms with Gasteiger partial charge in [0.1, 0.15) is 0 Å². The van der Waals surface area contributed by atoms with Crippen LogP contribution in [-0.2, 0) is 20.1 Å². The minimum absolute atomic E-state index is 0.0449. The third kappa shape index (κ3) is 4.16. The maximum absolute atomic E-state index is 13.4. The van der Waals surface area contributed by atoms with E-state index in [0.29, 0.717) is 24.1 Å². The summed E-state index contributed by atoms with van der Waals surface area (Å²) in [7, 11) is 1.90. The van der Waals surface area contributed by atoms with Gasteiger partial charge in [-0.25, -0.2) is 4.98 Å². The largest absolute Gasteiger partial charge is 0.348 e. The molecule has 1 saturated heterocycles. The van der Waals surface area contributed by atoms with Crippen molar-refractivity contribution in [2.45, 2.75) is 71.0 Å². The van der Waals surface area contributed by atoms with Gasteiger partial charge in [0.15, 0.2) is 5.65 Å². The second kappa shape index (κ2) is 8.66. The van der Waals surface area contributed by atoms with E-state index >= 15 is 0 Å². The van der Waals surface area contributed by atoms with Crippen molar-refractivity contribution in [2.24, 2.45) is 7.05 Å². The summed E-state index contributed by atoms with van der Waals surface area (Å²) in [6.45, 7) is 6.90. The van der Waals surface area contributed by atoms with E-state index in [1.54, 1.807) is 4.68 Å². The van der Waals surface area contributed by atoms with Crippen LogP contribution in [0, 0.1) is 6.92 Å². The van der Waals surface area contributed by atoms with E-state index in [9.17, 15) is 4.79 Å². The summed E-state index contributed by atoms with van der Waals surface area (Å²) >= 11 is 0. The first-order chi connectivity index (χ1) is 15.5. The predicted octanol–water partition coefficient (Wildman–Crippen LogP) is 4.46. The Balaban J connectivity index is 1.37. The predicted molar refractivity (Wildman–Crippen MR) is 127 cm³/mol. The molecule has 5 rings (SSSR count). The van der Waals surface area contributed by atoms with Gasteiger partial charge in [-0.2, -0.15) is 5.10 Å². The standard InChI is InChI=1S/C26H33N5O/c1-17-8-6-7-13-31(17)16-21-10-5-4-9-20(21)15-27-26(32)22-14-23(19-11-12-19)28-25-24(22)18(2)29-30(25)3/h4-5,9-10,14,17,19H,6-8,11-13,15-16H2,1-3H3,(H,27,32). The Morgan fingerprint density at radius 1 is 1.16 bits per heavy atom. The van der Waals surface area contributed by atoms with Crippen molar-refractivity contribution in [1.82, 2.24) is 25.0 Å². The molecule has 2 aromatic heterocycles. The second-order valence-electron chi connectivity index (χ2n) is 9.54. The summed E-state index contributed by atoms with van der Waals surface area (Å²) in [6.07, 6.45) is 6.17. The van der Waals surface area contributed by atoms with Crippen LogP contribution in [-0.4, -0.2) is 38.2 Å². The van der Waals surface area contributed by atoms with E-state index in [4.69, 9.17) is 4.98 Å². The fraction of sp³-hybridized carbons (Fsp3) is 0.500. The van der Waals surface area contributed by atoms with Crippen LogP contribution in [0.5, 0.6) is 0 Å². The normalized spacial score (nSPS) is 19.4. The molecule has 1 aliphatic carbocycles. The SMILES string of the molecule is Cc1nn(C)c2nc(C3CC3)cc(C(=O)NCc3ccccc3CN3CCCCC3C)c12. The van der Waals surface area contributed by atoms with Gasteiger partial charge >= 0.3 is 0 Å². The number of nitrogens with zero attached hydrogens (tertiary/aromatic N) is 4. The van der Waals surface area contributed by atoms with Crippen molar-refractivity contribution < 1.29 is 4.79 Å². The van der Waals surface area contributed by atoms with Crippen LogP contribution < -0.4 is 5.32 Å². The molecule has 3 aromatic rings. The molecule has 2 fully saturated rings. The van der Waals surface area contributed by atoms with E-state index in [1.165, 1.54) is 30.4 Å². The Morgan fingerprint density at radius 3 is 2.69 bits per heavy atom. The Morgan fingerprint density at radius 2 is 1.94 bits per heavy atom. The van der Waals surface area contributed by atoms with Crippen LogP contribution in [0.3, 0.4) is 0 Å². The highest BCUT2D eigenvalue weighted by Crippen LogP contribution is 2.40. The van der Waals surface area contributed by atoms with E-state index < -0.39 is 0 Å². The first kappa shape index (κ1) is 21.1. The highest BCUT2D eigenvalue weighted by Gasteiger charge is 2.28. The summed E-state index contributed by atoms with van der Waals surface area (Å²) in [4.78, 5) is 20.7. The molecule has 168 valence electrons. The molecule has 1 amide bonds. The van der Waals surface area contributed by atoms with Crippen molar-refractivity contribution in [1.29, 1.82) is 0 Å². The monoisotopic (exact) mass is 431 g/mol. The van der Waals surface area contributed by atoms with Gasteiger partial charge in [-0.1, -0.05) is 30.7 Å². The Hall–Kier alpha value is -2.73. The Bertz CT molecular complexity index is 1150. The van der Waals surface area contributed by atoms with Crippen LogP contribution in [0.1, 0.15) is 77.8 Å². The third-order valence-electron chi connectivity index (χ3n) is 7.10.